The Labute approximate surface area is 226 Å². The molecule has 37 heavy (non-hydrogen) atoms. The Balaban J connectivity index is 0.000000555. The molecule has 2 aromatic heterocycles. The number of furan rings is 1. The second-order valence-corrected chi connectivity index (χ2v) is 10.4. The molecule has 3 heterocycles. The lowest BCUT2D eigenvalue weighted by atomic mass is 10.00. The second kappa shape index (κ2) is 13.0. The molecule has 8 heteroatoms. The number of nitrogens with zero attached hydrogens (tertiary/aromatic N) is 4. The van der Waals surface area contributed by atoms with Gasteiger partial charge in [-0.1, -0.05) is 37.9 Å². The lowest BCUT2D eigenvalue weighted by Crippen LogP contribution is -2.54. The molecule has 200 valence electrons. The van der Waals surface area contributed by atoms with Gasteiger partial charge in [0.05, 0.1) is 28.9 Å². The number of hydrogen-bond acceptors (Lipinski definition) is 5. The molecule has 0 saturated carbocycles. The van der Waals surface area contributed by atoms with Crippen LogP contribution in [0.15, 0.2) is 53.9 Å². The molecule has 0 spiro atoms. The Morgan fingerprint density at radius 2 is 1.92 bits per heavy atom. The van der Waals surface area contributed by atoms with Crippen LogP contribution in [0.5, 0.6) is 0 Å². The van der Waals surface area contributed by atoms with Gasteiger partial charge in [-0.25, -0.2) is 9.69 Å². The third kappa shape index (κ3) is 7.27. The Kier molecular flexibility index (Phi) is 10.0. The van der Waals surface area contributed by atoms with E-state index < -0.39 is 0 Å². The maximum Gasteiger partial charge on any atom is 0.286 e. The van der Waals surface area contributed by atoms with E-state index in [-0.39, 0.29) is 5.91 Å². The summed E-state index contributed by atoms with van der Waals surface area (Å²) in [5, 5.41) is 7.29. The normalized spacial score (nSPS) is 17.6. The fourth-order valence-electron chi connectivity index (χ4n) is 4.45. The van der Waals surface area contributed by atoms with Crippen molar-refractivity contribution in [2.75, 3.05) is 19.0 Å². The monoisotopic (exact) mass is 525 g/mol. The van der Waals surface area contributed by atoms with Crippen LogP contribution in [0.4, 0.5) is 5.69 Å². The molecule has 7 nitrogen and oxygen atoms in total. The van der Waals surface area contributed by atoms with E-state index in [1.807, 2.05) is 56.3 Å². The van der Waals surface area contributed by atoms with Crippen molar-refractivity contribution < 1.29 is 9.21 Å². The van der Waals surface area contributed by atoms with Gasteiger partial charge >= 0.3 is 0 Å². The number of carbonyl (C=O) groups excluding carboxylic acids is 1. The number of aryl methyl sites for hydroxylation is 1. The number of rotatable bonds is 7. The highest BCUT2D eigenvalue weighted by Gasteiger charge is 2.28. The molecule has 1 aromatic carbocycles. The quantitative estimate of drug-likeness (QED) is 0.363. The van der Waals surface area contributed by atoms with Gasteiger partial charge in [-0.3, -0.25) is 10.2 Å². The van der Waals surface area contributed by atoms with Crippen molar-refractivity contribution in [3.05, 3.63) is 71.4 Å². The fraction of sp³-hybridized carbons (Fsp3) is 0.448. The highest BCUT2D eigenvalue weighted by atomic mass is 35.5. The highest BCUT2D eigenvalue weighted by molar-refractivity contribution is 6.32. The predicted octanol–water partition coefficient (Wildman–Crippen LogP) is 6.90. The minimum Gasteiger partial charge on any atom is -0.472 e. The van der Waals surface area contributed by atoms with Crippen molar-refractivity contribution in [1.82, 2.24) is 20.2 Å². The van der Waals surface area contributed by atoms with Gasteiger partial charge in [-0.05, 0) is 81.5 Å². The SMILES string of the molecule is C=C(CCC)c1cc(C(=O)NN2C(C)CCCC2C)nn1-c1ccc(N(C)C)cc1Cl.Cc1ccoc1. The van der Waals surface area contributed by atoms with Crippen LogP contribution < -0.4 is 10.3 Å². The number of piperidine rings is 1. The van der Waals surface area contributed by atoms with E-state index in [9.17, 15) is 4.79 Å². The summed E-state index contributed by atoms with van der Waals surface area (Å²) in [6, 6.07) is 10.2. The molecule has 4 rings (SSSR count). The summed E-state index contributed by atoms with van der Waals surface area (Å²) >= 11 is 6.62. The Morgan fingerprint density at radius 1 is 1.22 bits per heavy atom. The number of nitrogens with one attached hydrogen (secondary N) is 1. The van der Waals surface area contributed by atoms with Crippen LogP contribution in [-0.2, 0) is 0 Å². The average Bonchev–Trinajstić information content (AvgIpc) is 3.51. The van der Waals surface area contributed by atoms with Crippen LogP contribution in [0.25, 0.3) is 11.3 Å². The molecule has 2 atom stereocenters. The van der Waals surface area contributed by atoms with E-state index in [4.69, 9.17) is 16.0 Å². The number of halogens is 1. The molecular formula is C29H40ClN5O2. The summed E-state index contributed by atoms with van der Waals surface area (Å²) in [5.74, 6) is -0.203. The van der Waals surface area contributed by atoms with Gasteiger partial charge in [0, 0.05) is 31.9 Å². The first-order valence-corrected chi connectivity index (χ1v) is 13.3. The molecule has 1 N–H and O–H groups in total. The maximum atomic E-state index is 13.1. The van der Waals surface area contributed by atoms with Crippen molar-refractivity contribution in [2.24, 2.45) is 0 Å². The van der Waals surface area contributed by atoms with E-state index in [0.29, 0.717) is 22.8 Å². The zero-order valence-electron chi connectivity index (χ0n) is 22.9. The second-order valence-electron chi connectivity index (χ2n) is 9.99. The lowest BCUT2D eigenvalue weighted by molar-refractivity contribution is 0.0366. The Hall–Kier alpha value is -3.03. The zero-order valence-corrected chi connectivity index (χ0v) is 23.7. The van der Waals surface area contributed by atoms with Crippen LogP contribution in [0.1, 0.15) is 74.6 Å². The van der Waals surface area contributed by atoms with Gasteiger partial charge < -0.3 is 9.32 Å². The predicted molar refractivity (Wildman–Crippen MR) is 152 cm³/mol. The van der Waals surface area contributed by atoms with Crippen LogP contribution in [0.2, 0.25) is 5.02 Å². The first kappa shape index (κ1) is 28.5. The topological polar surface area (TPSA) is 66.5 Å². The van der Waals surface area contributed by atoms with Crippen LogP contribution in [-0.4, -0.2) is 46.9 Å². The van der Waals surface area contributed by atoms with Gasteiger partial charge in [0.1, 0.15) is 0 Å². The molecule has 1 amide bonds. The first-order valence-electron chi connectivity index (χ1n) is 13.0. The molecule has 2 unspecified atom stereocenters. The van der Waals surface area contributed by atoms with Crippen molar-refractivity contribution >= 4 is 28.8 Å². The number of aromatic nitrogens is 2. The highest BCUT2D eigenvalue weighted by Crippen LogP contribution is 2.30. The van der Waals surface area contributed by atoms with E-state index in [1.54, 1.807) is 17.2 Å². The third-order valence-electron chi connectivity index (χ3n) is 6.62. The average molecular weight is 526 g/mol. The van der Waals surface area contributed by atoms with E-state index >= 15 is 0 Å². The molecular weight excluding hydrogens is 486 g/mol. The lowest BCUT2D eigenvalue weighted by Gasteiger charge is -2.38. The molecule has 0 aliphatic carbocycles. The minimum atomic E-state index is -0.203. The van der Waals surface area contributed by atoms with E-state index in [0.717, 1.165) is 48.3 Å². The zero-order chi connectivity index (χ0) is 27.1. The molecule has 3 aromatic rings. The summed E-state index contributed by atoms with van der Waals surface area (Å²) in [6.45, 7) is 12.6. The number of anilines is 1. The van der Waals surface area contributed by atoms with Crippen molar-refractivity contribution in [1.29, 1.82) is 0 Å². The Morgan fingerprint density at radius 3 is 2.43 bits per heavy atom. The molecule has 0 bridgehead atoms. The summed E-state index contributed by atoms with van der Waals surface area (Å²) in [6.07, 6.45) is 8.49. The van der Waals surface area contributed by atoms with Crippen LogP contribution in [0, 0.1) is 6.92 Å². The summed E-state index contributed by atoms with van der Waals surface area (Å²) in [5.41, 5.74) is 8.11. The van der Waals surface area contributed by atoms with Crippen molar-refractivity contribution in [3.8, 4) is 5.69 Å². The van der Waals surface area contributed by atoms with Gasteiger partial charge in [-0.15, -0.1) is 0 Å². The molecule has 1 aliphatic heterocycles. The maximum absolute atomic E-state index is 13.1. The van der Waals surface area contributed by atoms with Crippen LogP contribution in [0.3, 0.4) is 0 Å². The van der Waals surface area contributed by atoms with Crippen molar-refractivity contribution in [3.63, 3.8) is 0 Å². The smallest absolute Gasteiger partial charge is 0.286 e. The number of allylic oxidation sites excluding steroid dienone is 1. The number of carbonyl (C=O) groups is 1. The minimum absolute atomic E-state index is 0.203. The standard InChI is InChI=1S/C24H34ClN5O.C5H6O/c1-7-9-16(2)23-15-21(24(31)27-29-17(3)10-8-11-18(29)4)26-30(23)22-13-12-19(28(5)6)14-20(22)25;1-5-2-3-6-4-5/h12-15,17-18H,2,7-11H2,1,3-6H3,(H,27,31);2-4H,1H3. The van der Waals surface area contributed by atoms with E-state index in [2.05, 4.69) is 42.9 Å². The summed E-state index contributed by atoms with van der Waals surface area (Å²) in [4.78, 5) is 15.1. The van der Waals surface area contributed by atoms with Gasteiger partial charge in [0.25, 0.3) is 5.91 Å². The Bertz CT molecular complexity index is 1180. The third-order valence-corrected chi connectivity index (χ3v) is 6.92. The number of hydrazine groups is 1. The first-order chi connectivity index (χ1) is 17.6. The summed E-state index contributed by atoms with van der Waals surface area (Å²) < 4.78 is 6.46. The number of hydrogen-bond donors (Lipinski definition) is 1. The molecule has 0 radical (unpaired) electrons. The number of benzene rings is 1. The molecule has 1 saturated heterocycles. The van der Waals surface area contributed by atoms with Crippen molar-refractivity contribution in [2.45, 2.75) is 71.9 Å². The molecule has 1 fully saturated rings. The van der Waals surface area contributed by atoms with Crippen LogP contribution >= 0.6 is 11.6 Å². The molecule has 1 aliphatic rings. The van der Waals surface area contributed by atoms with E-state index in [1.165, 1.54) is 12.0 Å². The summed E-state index contributed by atoms with van der Waals surface area (Å²) in [7, 11) is 3.94. The van der Waals surface area contributed by atoms with Gasteiger partial charge in [-0.2, -0.15) is 5.10 Å². The fourth-order valence-corrected chi connectivity index (χ4v) is 4.71. The van der Waals surface area contributed by atoms with Gasteiger partial charge in [0.2, 0.25) is 0 Å². The largest absolute Gasteiger partial charge is 0.472 e. The number of amides is 1. The van der Waals surface area contributed by atoms with Gasteiger partial charge in [0.15, 0.2) is 5.69 Å².